The molecule has 4 rings (SSSR count). The number of hydrogen-bond donors (Lipinski definition) is 0. The highest BCUT2D eigenvalue weighted by molar-refractivity contribution is 5.20. The highest BCUT2D eigenvalue weighted by Gasteiger charge is 2.37. The van der Waals surface area contributed by atoms with Crippen molar-refractivity contribution in [2.24, 2.45) is 0 Å². The van der Waals surface area contributed by atoms with Gasteiger partial charge in [-0.25, -0.2) is 0 Å². The van der Waals surface area contributed by atoms with Gasteiger partial charge in [0.15, 0.2) is 5.82 Å². The van der Waals surface area contributed by atoms with E-state index in [9.17, 15) is 0 Å². The molecule has 0 saturated carbocycles. The largest absolute Gasteiger partial charge is 0.343 e. The van der Waals surface area contributed by atoms with E-state index in [-0.39, 0.29) is 0 Å². The topological polar surface area (TPSA) is 45.4 Å². The minimum Gasteiger partial charge on any atom is -0.343 e. The maximum absolute atomic E-state index is 4.89. The Balaban J connectivity index is 1.60. The Morgan fingerprint density at radius 3 is 2.90 bits per heavy atom. The summed E-state index contributed by atoms with van der Waals surface area (Å²) in [4.78, 5) is 9.34. The first-order valence-electron chi connectivity index (χ1n) is 7.68. The molecule has 2 aromatic rings. The lowest BCUT2D eigenvalue weighted by atomic mass is 10.00. The first-order valence-corrected chi connectivity index (χ1v) is 7.68. The van der Waals surface area contributed by atoms with Gasteiger partial charge < -0.3 is 4.52 Å². The molecule has 0 bridgehead atoms. The number of fused-ring (bicyclic) bond motifs is 1. The van der Waals surface area contributed by atoms with Crippen molar-refractivity contribution in [1.29, 1.82) is 0 Å². The Hall–Kier alpha value is -1.72. The zero-order chi connectivity index (χ0) is 14.1. The number of nitrogens with zero attached hydrogens (tertiary/aromatic N) is 4. The van der Waals surface area contributed by atoms with Crippen molar-refractivity contribution in [2.45, 2.75) is 31.5 Å². The molecule has 2 aliphatic heterocycles. The fraction of sp³-hybridized carbons (Fsp3) is 0.500. The summed E-state index contributed by atoms with van der Waals surface area (Å²) in [5.74, 6) is 0.780. The molecule has 0 spiro atoms. The van der Waals surface area contributed by atoms with E-state index in [0.29, 0.717) is 12.1 Å². The predicted molar refractivity (Wildman–Crippen MR) is 78.5 cm³/mol. The number of piperazine rings is 1. The van der Waals surface area contributed by atoms with Crippen LogP contribution in [0.1, 0.15) is 30.3 Å². The minimum absolute atomic E-state index is 0.416. The molecular formula is C16H20N4O. The number of benzene rings is 1. The number of aromatic nitrogens is 2. The summed E-state index contributed by atoms with van der Waals surface area (Å²) in [6.07, 6.45) is 4.05. The molecule has 0 radical (unpaired) electrons. The van der Waals surface area contributed by atoms with Crippen molar-refractivity contribution in [2.75, 3.05) is 19.6 Å². The van der Waals surface area contributed by atoms with Crippen molar-refractivity contribution < 1.29 is 4.52 Å². The summed E-state index contributed by atoms with van der Waals surface area (Å²) in [7, 11) is 0. The molecule has 3 heterocycles. The smallest absolute Gasteiger partial charge is 0.213 e. The average molecular weight is 284 g/mol. The van der Waals surface area contributed by atoms with E-state index >= 15 is 0 Å². The average Bonchev–Trinajstić information content (AvgIpc) is 3.18. The number of rotatable bonds is 3. The van der Waals surface area contributed by atoms with Crippen LogP contribution < -0.4 is 0 Å². The van der Waals surface area contributed by atoms with Crippen LogP contribution in [0.4, 0.5) is 0 Å². The molecule has 2 aliphatic rings. The van der Waals surface area contributed by atoms with E-state index < -0.39 is 0 Å². The lowest BCUT2D eigenvalue weighted by Crippen LogP contribution is -2.51. The Kier molecular flexibility index (Phi) is 3.45. The molecule has 5 nitrogen and oxygen atoms in total. The molecule has 2 saturated heterocycles. The van der Waals surface area contributed by atoms with Gasteiger partial charge in [-0.2, -0.15) is 4.98 Å². The van der Waals surface area contributed by atoms with E-state index in [0.717, 1.165) is 25.5 Å². The highest BCUT2D eigenvalue weighted by atomic mass is 16.5. The zero-order valence-corrected chi connectivity index (χ0v) is 12.1. The van der Waals surface area contributed by atoms with Crippen molar-refractivity contribution in [3.63, 3.8) is 0 Å². The van der Waals surface area contributed by atoms with Gasteiger partial charge in [-0.15, -0.1) is 0 Å². The fourth-order valence-electron chi connectivity index (χ4n) is 3.69. The second-order valence-corrected chi connectivity index (χ2v) is 5.99. The first-order chi connectivity index (χ1) is 10.4. The van der Waals surface area contributed by atoms with E-state index in [2.05, 4.69) is 50.3 Å². The predicted octanol–water partition coefficient (Wildman–Crippen LogP) is 2.09. The van der Waals surface area contributed by atoms with Gasteiger partial charge in [0, 0.05) is 25.2 Å². The molecule has 21 heavy (non-hydrogen) atoms. The van der Waals surface area contributed by atoms with Crippen LogP contribution in [0.3, 0.4) is 0 Å². The SMILES string of the molecule is c1ccc(C2CN3CCCC3CN2Cc2ncon2)cc1. The molecule has 2 fully saturated rings. The van der Waals surface area contributed by atoms with Gasteiger partial charge >= 0.3 is 0 Å². The third kappa shape index (κ3) is 2.59. The Bertz CT molecular complexity index is 571. The first kappa shape index (κ1) is 13.0. The van der Waals surface area contributed by atoms with Crippen LogP contribution in [-0.4, -0.2) is 45.6 Å². The van der Waals surface area contributed by atoms with E-state index in [1.165, 1.54) is 31.3 Å². The normalized spacial score (nSPS) is 26.9. The lowest BCUT2D eigenvalue weighted by molar-refractivity contribution is 0.0425. The lowest BCUT2D eigenvalue weighted by Gasteiger charge is -2.43. The van der Waals surface area contributed by atoms with Gasteiger partial charge in [0.25, 0.3) is 0 Å². The molecule has 5 heteroatoms. The van der Waals surface area contributed by atoms with Crippen LogP contribution in [0.15, 0.2) is 41.2 Å². The zero-order valence-electron chi connectivity index (χ0n) is 12.1. The highest BCUT2D eigenvalue weighted by Crippen LogP contribution is 2.33. The van der Waals surface area contributed by atoms with Crippen LogP contribution in [0, 0.1) is 0 Å². The summed E-state index contributed by atoms with van der Waals surface area (Å²) >= 11 is 0. The van der Waals surface area contributed by atoms with Gasteiger partial charge in [0.1, 0.15) is 0 Å². The Morgan fingerprint density at radius 1 is 1.19 bits per heavy atom. The van der Waals surface area contributed by atoms with Gasteiger partial charge in [-0.3, -0.25) is 9.80 Å². The molecule has 110 valence electrons. The summed E-state index contributed by atoms with van der Waals surface area (Å²) in [5.41, 5.74) is 1.38. The van der Waals surface area contributed by atoms with Crippen molar-refractivity contribution in [1.82, 2.24) is 19.9 Å². The molecule has 2 unspecified atom stereocenters. The molecule has 0 amide bonds. The van der Waals surface area contributed by atoms with Crippen molar-refractivity contribution >= 4 is 0 Å². The van der Waals surface area contributed by atoms with Gasteiger partial charge in [0.2, 0.25) is 6.39 Å². The summed E-state index contributed by atoms with van der Waals surface area (Å²) < 4.78 is 4.89. The Labute approximate surface area is 124 Å². The monoisotopic (exact) mass is 284 g/mol. The fourth-order valence-corrected chi connectivity index (χ4v) is 3.69. The van der Waals surface area contributed by atoms with E-state index in [1.54, 1.807) is 0 Å². The Morgan fingerprint density at radius 2 is 2.10 bits per heavy atom. The van der Waals surface area contributed by atoms with Crippen LogP contribution in [0.25, 0.3) is 0 Å². The molecular weight excluding hydrogens is 264 g/mol. The van der Waals surface area contributed by atoms with Crippen molar-refractivity contribution in [3.8, 4) is 0 Å². The third-order valence-corrected chi connectivity index (χ3v) is 4.73. The van der Waals surface area contributed by atoms with Gasteiger partial charge in [-0.05, 0) is 24.9 Å². The van der Waals surface area contributed by atoms with E-state index in [1.807, 2.05) is 0 Å². The quantitative estimate of drug-likeness (QED) is 0.863. The number of hydrogen-bond acceptors (Lipinski definition) is 5. The second-order valence-electron chi connectivity index (χ2n) is 5.99. The van der Waals surface area contributed by atoms with Crippen LogP contribution >= 0.6 is 0 Å². The molecule has 1 aromatic carbocycles. The molecule has 0 N–H and O–H groups in total. The third-order valence-electron chi connectivity index (χ3n) is 4.73. The maximum Gasteiger partial charge on any atom is 0.213 e. The molecule has 2 atom stereocenters. The minimum atomic E-state index is 0.416. The van der Waals surface area contributed by atoms with Crippen molar-refractivity contribution in [3.05, 3.63) is 48.1 Å². The van der Waals surface area contributed by atoms with Crippen LogP contribution in [0.5, 0.6) is 0 Å². The summed E-state index contributed by atoms with van der Waals surface area (Å²) in [5, 5.41) is 3.98. The van der Waals surface area contributed by atoms with Gasteiger partial charge in [-0.1, -0.05) is 35.5 Å². The maximum atomic E-state index is 4.89. The summed E-state index contributed by atoms with van der Waals surface area (Å²) in [6.45, 7) is 4.20. The second kappa shape index (κ2) is 5.58. The van der Waals surface area contributed by atoms with Gasteiger partial charge in [0.05, 0.1) is 6.54 Å². The molecule has 1 aromatic heterocycles. The molecule has 0 aliphatic carbocycles. The van der Waals surface area contributed by atoms with Crippen LogP contribution in [0.2, 0.25) is 0 Å². The standard InChI is InChI=1S/C16H20N4O/c1-2-5-13(6-3-1)15-10-19-8-4-7-14(19)9-20(15)11-16-17-12-21-18-16/h1-3,5-6,12,14-15H,4,7-11H2. The van der Waals surface area contributed by atoms with E-state index in [4.69, 9.17) is 4.52 Å². The van der Waals surface area contributed by atoms with Crippen LogP contribution in [-0.2, 0) is 6.54 Å². The summed E-state index contributed by atoms with van der Waals surface area (Å²) in [6, 6.07) is 11.9.